The molecule has 1 unspecified atom stereocenters. The van der Waals surface area contributed by atoms with Crippen molar-refractivity contribution in [1.82, 2.24) is 0 Å². The zero-order chi connectivity index (χ0) is 30.0. The van der Waals surface area contributed by atoms with Crippen LogP contribution in [0.1, 0.15) is 38.9 Å². The van der Waals surface area contributed by atoms with E-state index in [0.717, 1.165) is 55.8 Å². The van der Waals surface area contributed by atoms with Gasteiger partial charge in [0.15, 0.2) is 5.60 Å². The number of fused-ring (bicyclic) bond motifs is 4. The molecule has 0 amide bonds. The zero-order valence-electron chi connectivity index (χ0n) is 24.4. The Morgan fingerprint density at radius 3 is 2.09 bits per heavy atom. The van der Waals surface area contributed by atoms with Gasteiger partial charge in [0.1, 0.15) is 0 Å². The first kappa shape index (κ1) is 25.6. The fourth-order valence-electron chi connectivity index (χ4n) is 7.38. The van der Waals surface area contributed by atoms with Gasteiger partial charge < -0.3 is 5.11 Å². The van der Waals surface area contributed by atoms with Gasteiger partial charge >= 0.3 is 0 Å². The fraction of sp³-hybridized carbons (Fsp3) is 0.0455. The van der Waals surface area contributed by atoms with Crippen LogP contribution in [0.2, 0.25) is 0 Å². The molecule has 0 aliphatic heterocycles. The van der Waals surface area contributed by atoms with E-state index in [2.05, 4.69) is 96.5 Å². The van der Waals surface area contributed by atoms with Gasteiger partial charge in [-0.3, -0.25) is 0 Å². The van der Waals surface area contributed by atoms with E-state index < -0.39 is 5.60 Å². The summed E-state index contributed by atoms with van der Waals surface area (Å²) < 4.78 is 0. The Bertz CT molecular complexity index is 2470. The van der Waals surface area contributed by atoms with Gasteiger partial charge in [-0.15, -0.1) is 0 Å². The van der Waals surface area contributed by atoms with Gasteiger partial charge in [-0.25, -0.2) is 0 Å². The second kappa shape index (κ2) is 9.83. The maximum Gasteiger partial charge on any atom is 0.178 e. The number of rotatable bonds is 1. The van der Waals surface area contributed by atoms with Crippen molar-refractivity contribution < 1.29 is 5.11 Å². The van der Waals surface area contributed by atoms with Gasteiger partial charge in [-0.2, -0.15) is 0 Å². The molecule has 0 spiro atoms. The standard InChI is InChI=1S/C44H26O/c45-44(27-26-31-15-8-7-14-30(31)23-22-29-12-3-1-4-13-29)38-21-11-19-33-24-25-36-39(32-16-5-2-6-17-32)41-35-20-10-9-18-34(35)28-37(41)43(44)42(36)40(33)38/h1-21,24-25,45H,28H2. The van der Waals surface area contributed by atoms with Crippen LogP contribution in [0, 0.1) is 23.7 Å². The summed E-state index contributed by atoms with van der Waals surface area (Å²) in [4.78, 5) is 0. The van der Waals surface area contributed by atoms with E-state index in [-0.39, 0.29) is 0 Å². The number of benzene rings is 7. The number of hydrogen-bond acceptors (Lipinski definition) is 1. The Hall–Kier alpha value is -5.86. The lowest BCUT2D eigenvalue weighted by Gasteiger charge is -2.24. The summed E-state index contributed by atoms with van der Waals surface area (Å²) in [5.41, 5.74) is 10.2. The molecule has 0 bridgehead atoms. The average Bonchev–Trinajstić information content (AvgIpc) is 3.60. The highest BCUT2D eigenvalue weighted by Gasteiger charge is 2.44. The van der Waals surface area contributed by atoms with Gasteiger partial charge in [-0.05, 0) is 85.6 Å². The molecule has 0 fully saturated rings. The monoisotopic (exact) mass is 570 g/mol. The average molecular weight is 571 g/mol. The molecule has 1 heteroatoms. The quantitative estimate of drug-likeness (QED) is 0.154. The van der Waals surface area contributed by atoms with Crippen molar-refractivity contribution in [2.75, 3.05) is 0 Å². The van der Waals surface area contributed by atoms with Gasteiger partial charge in [-0.1, -0.05) is 139 Å². The summed E-state index contributed by atoms with van der Waals surface area (Å²) in [7, 11) is 0. The lowest BCUT2D eigenvalue weighted by Crippen LogP contribution is -2.24. The second-order valence-corrected chi connectivity index (χ2v) is 11.8. The summed E-state index contributed by atoms with van der Waals surface area (Å²) in [6, 6.07) is 47.9. The van der Waals surface area contributed by atoms with Crippen LogP contribution < -0.4 is 0 Å². The van der Waals surface area contributed by atoms with Crippen molar-refractivity contribution in [3.63, 3.8) is 0 Å². The highest BCUT2D eigenvalue weighted by Crippen LogP contribution is 2.57. The lowest BCUT2D eigenvalue weighted by atomic mass is 9.82. The maximum atomic E-state index is 13.0. The van der Waals surface area contributed by atoms with Crippen LogP contribution in [0.5, 0.6) is 0 Å². The molecule has 208 valence electrons. The van der Waals surface area contributed by atoms with Crippen molar-refractivity contribution in [2.45, 2.75) is 12.0 Å². The van der Waals surface area contributed by atoms with E-state index >= 15 is 0 Å². The largest absolute Gasteiger partial charge is 0.369 e. The molecule has 9 rings (SSSR count). The van der Waals surface area contributed by atoms with E-state index in [9.17, 15) is 5.11 Å². The van der Waals surface area contributed by atoms with E-state index in [1.165, 1.54) is 33.4 Å². The van der Waals surface area contributed by atoms with Crippen molar-refractivity contribution in [3.05, 3.63) is 178 Å². The summed E-state index contributed by atoms with van der Waals surface area (Å²) >= 11 is 0. The van der Waals surface area contributed by atoms with E-state index in [1.54, 1.807) is 0 Å². The molecule has 0 saturated carbocycles. The van der Waals surface area contributed by atoms with Crippen LogP contribution >= 0.6 is 0 Å². The molecule has 7 aromatic carbocycles. The fourth-order valence-corrected chi connectivity index (χ4v) is 7.38. The summed E-state index contributed by atoms with van der Waals surface area (Å²) in [5.74, 6) is 13.4. The molecular formula is C44H26O. The summed E-state index contributed by atoms with van der Waals surface area (Å²) in [6.45, 7) is 0. The predicted molar refractivity (Wildman–Crippen MR) is 184 cm³/mol. The Kier molecular flexibility index (Phi) is 5.60. The van der Waals surface area contributed by atoms with Crippen LogP contribution in [0.25, 0.3) is 43.8 Å². The van der Waals surface area contributed by atoms with Crippen molar-refractivity contribution in [3.8, 4) is 45.9 Å². The molecule has 0 aromatic heterocycles. The zero-order valence-corrected chi connectivity index (χ0v) is 24.4. The van der Waals surface area contributed by atoms with Crippen LogP contribution in [0.4, 0.5) is 0 Å². The third kappa shape index (κ3) is 3.82. The number of aliphatic hydroxyl groups is 1. The Labute approximate surface area is 262 Å². The van der Waals surface area contributed by atoms with Gasteiger partial charge in [0.2, 0.25) is 0 Å². The molecule has 0 heterocycles. The van der Waals surface area contributed by atoms with Crippen molar-refractivity contribution in [1.29, 1.82) is 0 Å². The molecule has 1 N–H and O–H groups in total. The molecule has 2 aliphatic rings. The first-order chi connectivity index (χ1) is 22.2. The predicted octanol–water partition coefficient (Wildman–Crippen LogP) is 9.23. The van der Waals surface area contributed by atoms with Crippen LogP contribution in [0.15, 0.2) is 140 Å². The SMILES string of the molecule is OC1(C#Cc2ccccc2C#Cc2ccccc2)c2cccc3ccc4c(-c5ccccc5)c5c(c1c4c23)Cc1ccccc1-5. The van der Waals surface area contributed by atoms with E-state index in [1.807, 2.05) is 66.7 Å². The first-order valence-corrected chi connectivity index (χ1v) is 15.3. The third-order valence-corrected chi connectivity index (χ3v) is 9.31. The highest BCUT2D eigenvalue weighted by atomic mass is 16.3. The highest BCUT2D eigenvalue weighted by molar-refractivity contribution is 6.22. The van der Waals surface area contributed by atoms with Gasteiger partial charge in [0.05, 0.1) is 0 Å². The van der Waals surface area contributed by atoms with Crippen molar-refractivity contribution in [2.24, 2.45) is 0 Å². The van der Waals surface area contributed by atoms with Gasteiger partial charge in [0, 0.05) is 27.8 Å². The van der Waals surface area contributed by atoms with Crippen LogP contribution in [-0.2, 0) is 12.0 Å². The molecule has 7 aromatic rings. The molecule has 2 aliphatic carbocycles. The summed E-state index contributed by atoms with van der Waals surface area (Å²) in [5, 5.41) is 17.5. The normalized spacial score (nSPS) is 15.3. The van der Waals surface area contributed by atoms with Crippen molar-refractivity contribution >= 4 is 21.5 Å². The minimum absolute atomic E-state index is 0.754. The minimum atomic E-state index is -1.48. The third-order valence-electron chi connectivity index (χ3n) is 9.31. The van der Waals surface area contributed by atoms with Crippen LogP contribution in [0.3, 0.4) is 0 Å². The first-order valence-electron chi connectivity index (χ1n) is 15.3. The van der Waals surface area contributed by atoms with Crippen LogP contribution in [-0.4, -0.2) is 5.11 Å². The second-order valence-electron chi connectivity index (χ2n) is 11.8. The molecule has 45 heavy (non-hydrogen) atoms. The van der Waals surface area contributed by atoms with E-state index in [0.29, 0.717) is 0 Å². The lowest BCUT2D eigenvalue weighted by molar-refractivity contribution is 0.150. The molecule has 1 atom stereocenters. The van der Waals surface area contributed by atoms with Gasteiger partial charge in [0.25, 0.3) is 0 Å². The minimum Gasteiger partial charge on any atom is -0.369 e. The molecule has 0 saturated heterocycles. The molecule has 0 radical (unpaired) electrons. The number of hydrogen-bond donors (Lipinski definition) is 1. The molecule has 1 nitrogen and oxygen atoms in total. The Balaban J connectivity index is 1.33. The molecular weight excluding hydrogens is 544 g/mol. The Morgan fingerprint density at radius 1 is 0.556 bits per heavy atom. The smallest absolute Gasteiger partial charge is 0.178 e. The Morgan fingerprint density at radius 2 is 1.27 bits per heavy atom. The topological polar surface area (TPSA) is 20.2 Å². The maximum absolute atomic E-state index is 13.0. The van der Waals surface area contributed by atoms with E-state index in [4.69, 9.17) is 0 Å². The summed E-state index contributed by atoms with van der Waals surface area (Å²) in [6.07, 6.45) is 0.754.